The average molecular weight is 520 g/mol. The van der Waals surface area contributed by atoms with Gasteiger partial charge >= 0.3 is 5.97 Å². The minimum Gasteiger partial charge on any atom is -0.462 e. The van der Waals surface area contributed by atoms with Crippen molar-refractivity contribution >= 4 is 43.5 Å². The van der Waals surface area contributed by atoms with Gasteiger partial charge in [-0.15, -0.1) is 0 Å². The van der Waals surface area contributed by atoms with Gasteiger partial charge in [0.2, 0.25) is 10.0 Å². The maximum Gasteiger partial charge on any atom is 0.338 e. The number of ether oxygens (including phenoxy) is 1. The number of aryl methyl sites for hydroxylation is 1. The van der Waals surface area contributed by atoms with E-state index in [4.69, 9.17) is 4.74 Å². The van der Waals surface area contributed by atoms with Crippen LogP contribution in [0.15, 0.2) is 52.4 Å². The molecule has 3 aromatic rings. The largest absolute Gasteiger partial charge is 0.462 e. The fourth-order valence-electron chi connectivity index (χ4n) is 4.11. The number of carbonyl (C=O) groups excluding carboxylic acids is 2. The van der Waals surface area contributed by atoms with E-state index in [9.17, 15) is 22.4 Å². The number of benzene rings is 2. The Bertz CT molecular complexity index is 1430. The molecule has 11 heteroatoms. The van der Waals surface area contributed by atoms with E-state index in [2.05, 4.69) is 4.99 Å². The maximum absolute atomic E-state index is 13.2. The molecular formula is C24H26FN3O5S2. The molecular weight excluding hydrogens is 493 g/mol. The van der Waals surface area contributed by atoms with Gasteiger partial charge in [0.05, 0.1) is 33.2 Å². The van der Waals surface area contributed by atoms with Gasteiger partial charge in [0, 0.05) is 19.6 Å². The maximum atomic E-state index is 13.2. The first-order valence-electron chi connectivity index (χ1n) is 11.4. The van der Waals surface area contributed by atoms with Crippen LogP contribution in [0.5, 0.6) is 0 Å². The Morgan fingerprint density at radius 3 is 2.60 bits per heavy atom. The standard InChI is InChI=1S/C24H26FN3O5S2/c1-3-28-20-12-7-16(23(30)33-4-2)14-21(20)34-24(28)26-22(29)17-6-5-13-27(15-17)35(31,32)19-10-8-18(25)9-11-19/h7-12,14,17H,3-6,13,15H2,1-2H3. The molecule has 1 amide bonds. The first-order valence-corrected chi connectivity index (χ1v) is 13.6. The van der Waals surface area contributed by atoms with Gasteiger partial charge in [-0.05, 0) is 69.2 Å². The van der Waals surface area contributed by atoms with E-state index in [1.165, 1.54) is 27.8 Å². The molecule has 0 saturated carbocycles. The summed E-state index contributed by atoms with van der Waals surface area (Å²) in [5, 5.41) is 0. The molecule has 1 aromatic heterocycles. The van der Waals surface area contributed by atoms with Gasteiger partial charge in [-0.1, -0.05) is 11.3 Å². The monoisotopic (exact) mass is 519 g/mol. The van der Waals surface area contributed by atoms with Crippen molar-refractivity contribution in [2.75, 3.05) is 19.7 Å². The fraction of sp³-hybridized carbons (Fsp3) is 0.375. The lowest BCUT2D eigenvalue weighted by atomic mass is 9.99. The van der Waals surface area contributed by atoms with Crippen LogP contribution < -0.4 is 4.80 Å². The van der Waals surface area contributed by atoms with E-state index >= 15 is 0 Å². The molecule has 0 radical (unpaired) electrons. The predicted molar refractivity (Wildman–Crippen MR) is 130 cm³/mol. The number of esters is 1. The van der Waals surface area contributed by atoms with Gasteiger partial charge in [0.15, 0.2) is 4.80 Å². The highest BCUT2D eigenvalue weighted by atomic mass is 32.2. The van der Waals surface area contributed by atoms with Crippen molar-refractivity contribution < 1.29 is 27.1 Å². The van der Waals surface area contributed by atoms with Crippen LogP contribution in [-0.4, -0.2) is 48.9 Å². The fourth-order valence-corrected chi connectivity index (χ4v) is 6.77. The zero-order valence-corrected chi connectivity index (χ0v) is 21.1. The van der Waals surface area contributed by atoms with Crippen molar-refractivity contribution in [2.45, 2.75) is 38.1 Å². The number of halogens is 1. The number of hydrogen-bond acceptors (Lipinski definition) is 6. The van der Waals surface area contributed by atoms with E-state index in [1.54, 1.807) is 19.1 Å². The molecule has 2 aromatic carbocycles. The highest BCUT2D eigenvalue weighted by Crippen LogP contribution is 2.25. The molecule has 1 aliphatic rings. The van der Waals surface area contributed by atoms with Crippen LogP contribution >= 0.6 is 11.3 Å². The summed E-state index contributed by atoms with van der Waals surface area (Å²) in [5.74, 6) is -1.89. The van der Waals surface area contributed by atoms with E-state index in [0.29, 0.717) is 29.8 Å². The molecule has 35 heavy (non-hydrogen) atoms. The summed E-state index contributed by atoms with van der Waals surface area (Å²) in [5.41, 5.74) is 1.27. The Morgan fingerprint density at radius 1 is 1.17 bits per heavy atom. The summed E-state index contributed by atoms with van der Waals surface area (Å²) in [6.45, 7) is 4.84. The minimum absolute atomic E-state index is 0.00493. The molecule has 0 aliphatic carbocycles. The molecule has 1 atom stereocenters. The average Bonchev–Trinajstić information content (AvgIpc) is 3.20. The number of fused-ring (bicyclic) bond motifs is 1. The minimum atomic E-state index is -3.84. The second kappa shape index (κ2) is 10.4. The topological polar surface area (TPSA) is 98.0 Å². The first-order chi connectivity index (χ1) is 16.7. The number of aromatic nitrogens is 1. The number of hydrogen-bond donors (Lipinski definition) is 0. The van der Waals surface area contributed by atoms with E-state index in [0.717, 1.165) is 22.3 Å². The van der Waals surface area contributed by atoms with Crippen molar-refractivity contribution in [3.05, 3.63) is 58.6 Å². The molecule has 0 spiro atoms. The Kier molecular flexibility index (Phi) is 7.48. The van der Waals surface area contributed by atoms with Gasteiger partial charge in [-0.25, -0.2) is 17.6 Å². The zero-order valence-electron chi connectivity index (χ0n) is 19.4. The van der Waals surface area contributed by atoms with Gasteiger partial charge in [-0.2, -0.15) is 9.30 Å². The van der Waals surface area contributed by atoms with E-state index in [-0.39, 0.29) is 30.5 Å². The second-order valence-corrected chi connectivity index (χ2v) is 11.1. The molecule has 0 N–H and O–H groups in total. The smallest absolute Gasteiger partial charge is 0.338 e. The van der Waals surface area contributed by atoms with E-state index < -0.39 is 27.7 Å². The van der Waals surface area contributed by atoms with E-state index in [1.807, 2.05) is 17.6 Å². The summed E-state index contributed by atoms with van der Waals surface area (Å²) in [6.07, 6.45) is 1.05. The summed E-state index contributed by atoms with van der Waals surface area (Å²) in [6, 6.07) is 9.89. The van der Waals surface area contributed by atoms with Crippen molar-refractivity contribution in [1.29, 1.82) is 0 Å². The molecule has 1 unspecified atom stereocenters. The van der Waals surface area contributed by atoms with Crippen LogP contribution in [0.1, 0.15) is 37.0 Å². The van der Waals surface area contributed by atoms with Gasteiger partial charge in [-0.3, -0.25) is 4.79 Å². The Labute approximate surface area is 206 Å². The molecule has 186 valence electrons. The molecule has 1 saturated heterocycles. The predicted octanol–water partition coefficient (Wildman–Crippen LogP) is 3.57. The summed E-state index contributed by atoms with van der Waals surface area (Å²) < 4.78 is 48.3. The lowest BCUT2D eigenvalue weighted by Gasteiger charge is -2.30. The van der Waals surface area contributed by atoms with Crippen molar-refractivity contribution in [3.8, 4) is 0 Å². The highest BCUT2D eigenvalue weighted by Gasteiger charge is 2.33. The molecule has 1 fully saturated rings. The van der Waals surface area contributed by atoms with Gasteiger partial charge < -0.3 is 9.30 Å². The first kappa shape index (κ1) is 25.2. The number of amides is 1. The Balaban J connectivity index is 1.61. The van der Waals surface area contributed by atoms with Crippen LogP contribution in [0.2, 0.25) is 0 Å². The lowest BCUT2D eigenvalue weighted by molar-refractivity contribution is -0.122. The summed E-state index contributed by atoms with van der Waals surface area (Å²) in [7, 11) is -3.84. The van der Waals surface area contributed by atoms with Crippen molar-refractivity contribution in [2.24, 2.45) is 10.9 Å². The number of rotatable bonds is 6. The molecule has 4 rings (SSSR count). The molecule has 2 heterocycles. The molecule has 1 aliphatic heterocycles. The number of carbonyl (C=O) groups is 2. The summed E-state index contributed by atoms with van der Waals surface area (Å²) in [4.78, 5) is 30.0. The number of nitrogens with zero attached hydrogens (tertiary/aromatic N) is 3. The quantitative estimate of drug-likeness (QED) is 0.464. The Morgan fingerprint density at radius 2 is 1.91 bits per heavy atom. The summed E-state index contributed by atoms with van der Waals surface area (Å²) >= 11 is 1.30. The van der Waals surface area contributed by atoms with Crippen LogP contribution in [0.4, 0.5) is 4.39 Å². The number of sulfonamides is 1. The van der Waals surface area contributed by atoms with Crippen LogP contribution in [0.25, 0.3) is 10.2 Å². The van der Waals surface area contributed by atoms with Crippen LogP contribution in [0.3, 0.4) is 0 Å². The van der Waals surface area contributed by atoms with Crippen LogP contribution in [-0.2, 0) is 26.1 Å². The highest BCUT2D eigenvalue weighted by molar-refractivity contribution is 7.89. The second-order valence-electron chi connectivity index (χ2n) is 8.14. The van der Waals surface area contributed by atoms with Gasteiger partial charge in [0.1, 0.15) is 5.82 Å². The zero-order chi connectivity index (χ0) is 25.2. The van der Waals surface area contributed by atoms with Crippen molar-refractivity contribution in [1.82, 2.24) is 8.87 Å². The molecule has 8 nitrogen and oxygen atoms in total. The third-order valence-corrected chi connectivity index (χ3v) is 8.82. The SMILES string of the molecule is CCOC(=O)c1ccc2c(c1)sc(=NC(=O)C1CCCN(S(=O)(=O)c3ccc(F)cc3)C1)n2CC. The number of piperidine rings is 1. The number of thiazole rings is 1. The third kappa shape index (κ3) is 5.21. The van der Waals surface area contributed by atoms with Crippen molar-refractivity contribution in [3.63, 3.8) is 0 Å². The molecule has 0 bridgehead atoms. The van der Waals surface area contributed by atoms with Crippen LogP contribution in [0, 0.1) is 11.7 Å². The Hall–Kier alpha value is -2.89. The lowest BCUT2D eigenvalue weighted by Crippen LogP contribution is -2.42. The third-order valence-electron chi connectivity index (χ3n) is 5.90. The van der Waals surface area contributed by atoms with Gasteiger partial charge in [0.25, 0.3) is 5.91 Å². The normalized spacial score (nSPS) is 17.6.